The van der Waals surface area contributed by atoms with Gasteiger partial charge in [-0.25, -0.2) is 4.79 Å². The van der Waals surface area contributed by atoms with Gasteiger partial charge in [0.1, 0.15) is 22.9 Å². The number of nitrogens with one attached hydrogen (secondary N) is 1. The van der Waals surface area contributed by atoms with E-state index in [1.807, 2.05) is 70.5 Å². The van der Waals surface area contributed by atoms with Crippen LogP contribution in [0.2, 0.25) is 5.02 Å². The molecule has 4 rings (SSSR count). The summed E-state index contributed by atoms with van der Waals surface area (Å²) in [5.74, 6) is 0.627. The molecule has 11 heteroatoms. The number of methoxy groups -OCH3 is 1. The first-order chi connectivity index (χ1) is 18.6. The predicted molar refractivity (Wildman–Crippen MR) is 156 cm³/mol. The maximum absolute atomic E-state index is 12.9. The van der Waals surface area contributed by atoms with E-state index >= 15 is 0 Å². The van der Waals surface area contributed by atoms with Crippen molar-refractivity contribution in [1.82, 2.24) is 14.8 Å². The maximum Gasteiger partial charge on any atom is 0.341 e. The number of aryl methyl sites for hydroxylation is 4. The number of carbonyl (C=O) groups is 2. The number of amides is 1. The standard InChI is InChI=1S/C28H29ClN4O4S2/c1-15-7-8-16(2)20(9-15)21-13-38-26(24(21)27(35)36-6)30-23(34)14-39-28-32-31-22(33(28)5)12-37-19-10-17(3)25(29)18(4)11-19/h7-11,13H,12,14H2,1-6H3,(H,30,34). The van der Waals surface area contributed by atoms with Crippen molar-refractivity contribution in [3.63, 3.8) is 0 Å². The van der Waals surface area contributed by atoms with Gasteiger partial charge in [0.05, 0.1) is 12.9 Å². The third-order valence-corrected chi connectivity index (χ3v) is 8.66. The molecule has 39 heavy (non-hydrogen) atoms. The van der Waals surface area contributed by atoms with Crippen molar-refractivity contribution in [2.45, 2.75) is 39.5 Å². The van der Waals surface area contributed by atoms with Crippen molar-refractivity contribution in [1.29, 1.82) is 0 Å². The Bertz CT molecular complexity index is 1520. The number of carbonyl (C=O) groups excluding carboxylic acids is 2. The Labute approximate surface area is 240 Å². The van der Waals surface area contributed by atoms with Crippen LogP contribution in [0.4, 0.5) is 5.00 Å². The van der Waals surface area contributed by atoms with Crippen LogP contribution in [0.15, 0.2) is 40.9 Å². The number of benzene rings is 2. The van der Waals surface area contributed by atoms with Crippen molar-refractivity contribution in [3.05, 3.63) is 74.4 Å². The van der Waals surface area contributed by atoms with Crippen molar-refractivity contribution in [2.24, 2.45) is 7.05 Å². The van der Waals surface area contributed by atoms with E-state index in [1.165, 1.54) is 30.2 Å². The van der Waals surface area contributed by atoms with Crippen LogP contribution in [0.25, 0.3) is 11.1 Å². The number of thiophene rings is 1. The van der Waals surface area contributed by atoms with E-state index in [1.54, 1.807) is 4.57 Å². The summed E-state index contributed by atoms with van der Waals surface area (Å²) >= 11 is 8.78. The zero-order valence-electron chi connectivity index (χ0n) is 22.5. The van der Waals surface area contributed by atoms with Gasteiger partial charge in [0.2, 0.25) is 5.91 Å². The molecule has 204 valence electrons. The van der Waals surface area contributed by atoms with Crippen LogP contribution in [0.3, 0.4) is 0 Å². The molecular weight excluding hydrogens is 556 g/mol. The zero-order chi connectivity index (χ0) is 28.3. The normalized spacial score (nSPS) is 10.9. The summed E-state index contributed by atoms with van der Waals surface area (Å²) in [6.45, 7) is 8.06. The molecular formula is C28H29ClN4O4S2. The first-order valence-electron chi connectivity index (χ1n) is 12.1. The summed E-state index contributed by atoms with van der Waals surface area (Å²) in [4.78, 5) is 25.6. The Morgan fingerprint density at radius 3 is 2.46 bits per heavy atom. The number of nitrogens with zero attached hydrogens (tertiary/aromatic N) is 3. The number of rotatable bonds is 9. The van der Waals surface area contributed by atoms with Gasteiger partial charge in [-0.2, -0.15) is 0 Å². The fourth-order valence-electron chi connectivity index (χ4n) is 4.01. The highest BCUT2D eigenvalue weighted by molar-refractivity contribution is 7.99. The minimum absolute atomic E-state index is 0.0831. The van der Waals surface area contributed by atoms with Crippen LogP contribution in [0.5, 0.6) is 5.75 Å². The van der Waals surface area contributed by atoms with E-state index in [0.29, 0.717) is 27.3 Å². The molecule has 2 heterocycles. The topological polar surface area (TPSA) is 95.3 Å². The number of anilines is 1. The van der Waals surface area contributed by atoms with Gasteiger partial charge in [0.25, 0.3) is 0 Å². The maximum atomic E-state index is 12.9. The summed E-state index contributed by atoms with van der Waals surface area (Å²) in [6.07, 6.45) is 0. The molecule has 0 unspecified atom stereocenters. The Hall–Kier alpha value is -3.34. The second kappa shape index (κ2) is 12.2. The van der Waals surface area contributed by atoms with Crippen LogP contribution in [0.1, 0.15) is 38.4 Å². The monoisotopic (exact) mass is 584 g/mol. The molecule has 0 atom stereocenters. The van der Waals surface area contributed by atoms with Crippen molar-refractivity contribution in [2.75, 3.05) is 18.2 Å². The second-order valence-electron chi connectivity index (χ2n) is 9.12. The molecule has 0 bridgehead atoms. The highest BCUT2D eigenvalue weighted by atomic mass is 35.5. The Balaban J connectivity index is 1.42. The molecule has 0 spiro atoms. The van der Waals surface area contributed by atoms with Crippen LogP contribution >= 0.6 is 34.7 Å². The lowest BCUT2D eigenvalue weighted by Gasteiger charge is -2.10. The molecule has 2 aromatic carbocycles. The van der Waals surface area contributed by atoms with Gasteiger partial charge in [-0.15, -0.1) is 21.5 Å². The highest BCUT2D eigenvalue weighted by Crippen LogP contribution is 2.38. The summed E-state index contributed by atoms with van der Waals surface area (Å²) < 4.78 is 12.7. The second-order valence-corrected chi connectivity index (χ2v) is 11.3. The van der Waals surface area contributed by atoms with E-state index in [0.717, 1.165) is 38.4 Å². The van der Waals surface area contributed by atoms with E-state index in [9.17, 15) is 9.59 Å². The van der Waals surface area contributed by atoms with Gasteiger partial charge in [-0.1, -0.05) is 47.1 Å². The van der Waals surface area contributed by atoms with Crippen LogP contribution < -0.4 is 10.1 Å². The van der Waals surface area contributed by atoms with Crippen LogP contribution in [-0.2, 0) is 23.2 Å². The van der Waals surface area contributed by atoms with Crippen molar-refractivity contribution >= 4 is 51.6 Å². The molecule has 0 saturated heterocycles. The quantitative estimate of drug-likeness (QED) is 0.176. The molecule has 0 aliphatic heterocycles. The number of esters is 1. The largest absolute Gasteiger partial charge is 0.486 e. The fourth-order valence-corrected chi connectivity index (χ4v) is 5.81. The molecule has 8 nitrogen and oxygen atoms in total. The molecule has 1 amide bonds. The van der Waals surface area contributed by atoms with E-state index < -0.39 is 5.97 Å². The molecule has 1 N–H and O–H groups in total. The van der Waals surface area contributed by atoms with Gasteiger partial charge in [0, 0.05) is 23.0 Å². The van der Waals surface area contributed by atoms with Crippen molar-refractivity contribution < 1.29 is 19.1 Å². The smallest absolute Gasteiger partial charge is 0.341 e. The van der Waals surface area contributed by atoms with Crippen LogP contribution in [0, 0.1) is 27.7 Å². The number of ether oxygens (including phenoxy) is 2. The summed E-state index contributed by atoms with van der Waals surface area (Å²) in [6, 6.07) is 9.81. The molecule has 0 saturated carbocycles. The number of hydrogen-bond acceptors (Lipinski definition) is 8. The molecule has 4 aromatic rings. The molecule has 0 fully saturated rings. The highest BCUT2D eigenvalue weighted by Gasteiger charge is 2.23. The number of hydrogen-bond donors (Lipinski definition) is 1. The van der Waals surface area contributed by atoms with Crippen molar-refractivity contribution in [3.8, 4) is 16.9 Å². The Morgan fingerprint density at radius 1 is 1.05 bits per heavy atom. The molecule has 0 aliphatic rings. The van der Waals surface area contributed by atoms with Crippen LogP contribution in [-0.4, -0.2) is 39.5 Å². The fraction of sp³-hybridized carbons (Fsp3) is 0.286. The van der Waals surface area contributed by atoms with Gasteiger partial charge in [0.15, 0.2) is 11.0 Å². The summed E-state index contributed by atoms with van der Waals surface area (Å²) in [5, 5.41) is 14.9. The lowest BCUT2D eigenvalue weighted by atomic mass is 9.97. The van der Waals surface area contributed by atoms with E-state index in [4.69, 9.17) is 21.1 Å². The van der Waals surface area contributed by atoms with Gasteiger partial charge in [-0.3, -0.25) is 4.79 Å². The lowest BCUT2D eigenvalue weighted by molar-refractivity contribution is -0.113. The molecule has 2 aromatic heterocycles. The van der Waals surface area contributed by atoms with E-state index in [2.05, 4.69) is 15.5 Å². The van der Waals surface area contributed by atoms with E-state index in [-0.39, 0.29) is 18.3 Å². The number of halogens is 1. The number of thioether (sulfide) groups is 1. The van der Waals surface area contributed by atoms with Gasteiger partial charge >= 0.3 is 5.97 Å². The van der Waals surface area contributed by atoms with Gasteiger partial charge in [-0.05, 0) is 62.1 Å². The lowest BCUT2D eigenvalue weighted by Crippen LogP contribution is -2.16. The Kier molecular flexibility index (Phi) is 8.99. The average Bonchev–Trinajstić information content (AvgIpc) is 3.48. The third kappa shape index (κ3) is 6.46. The SMILES string of the molecule is COC(=O)c1c(-c2cc(C)ccc2C)csc1NC(=O)CSc1nnc(COc2cc(C)c(Cl)c(C)c2)n1C. The average molecular weight is 585 g/mol. The minimum atomic E-state index is -0.501. The number of aromatic nitrogens is 3. The predicted octanol–water partition coefficient (Wildman–Crippen LogP) is 6.53. The Morgan fingerprint density at radius 2 is 1.77 bits per heavy atom. The molecule has 0 radical (unpaired) electrons. The first-order valence-corrected chi connectivity index (χ1v) is 14.3. The van der Waals surface area contributed by atoms with Gasteiger partial charge < -0.3 is 19.4 Å². The summed E-state index contributed by atoms with van der Waals surface area (Å²) in [5.41, 5.74) is 6.00. The summed E-state index contributed by atoms with van der Waals surface area (Å²) in [7, 11) is 3.15. The minimum Gasteiger partial charge on any atom is -0.486 e. The third-order valence-electron chi connectivity index (χ3n) is 6.15. The molecule has 0 aliphatic carbocycles. The zero-order valence-corrected chi connectivity index (χ0v) is 24.9. The first kappa shape index (κ1) is 28.7.